The van der Waals surface area contributed by atoms with Crippen LogP contribution in [0.25, 0.3) is 0 Å². The van der Waals surface area contributed by atoms with Crippen molar-refractivity contribution in [3.63, 3.8) is 0 Å². The molecule has 50 valence electrons. The molecule has 0 aliphatic rings. The van der Waals surface area contributed by atoms with E-state index in [0.717, 1.165) is 0 Å². The SMILES string of the molecule is CC(NN)C(C)(C)O. The molecule has 4 N–H and O–H groups in total. The van der Waals surface area contributed by atoms with Crippen molar-refractivity contribution < 1.29 is 5.11 Å². The number of rotatable bonds is 2. The lowest BCUT2D eigenvalue weighted by Gasteiger charge is -2.24. The van der Waals surface area contributed by atoms with E-state index in [4.69, 9.17) is 10.9 Å². The van der Waals surface area contributed by atoms with Crippen molar-refractivity contribution in [1.82, 2.24) is 5.43 Å². The summed E-state index contributed by atoms with van der Waals surface area (Å²) < 4.78 is 0. The smallest absolute Gasteiger partial charge is 0.0754 e. The molecule has 1 unspecified atom stereocenters. The Labute approximate surface area is 49.9 Å². The third-order valence-corrected chi connectivity index (χ3v) is 1.31. The van der Waals surface area contributed by atoms with Crippen LogP contribution in [-0.2, 0) is 0 Å². The number of aliphatic hydroxyl groups is 1. The van der Waals surface area contributed by atoms with Crippen molar-refractivity contribution in [2.75, 3.05) is 0 Å². The quantitative estimate of drug-likeness (QED) is 0.342. The van der Waals surface area contributed by atoms with Crippen LogP contribution in [0.1, 0.15) is 20.8 Å². The van der Waals surface area contributed by atoms with Crippen LogP contribution in [0.3, 0.4) is 0 Å². The Morgan fingerprint density at radius 3 is 2.00 bits per heavy atom. The molecule has 0 heterocycles. The highest BCUT2D eigenvalue weighted by atomic mass is 16.3. The summed E-state index contributed by atoms with van der Waals surface area (Å²) in [5.74, 6) is 5.05. The van der Waals surface area contributed by atoms with Gasteiger partial charge >= 0.3 is 0 Å². The molecule has 0 aromatic carbocycles. The van der Waals surface area contributed by atoms with E-state index in [2.05, 4.69) is 5.43 Å². The van der Waals surface area contributed by atoms with Crippen LogP contribution in [0.2, 0.25) is 0 Å². The lowest BCUT2D eigenvalue weighted by molar-refractivity contribution is 0.0445. The molecule has 1 atom stereocenters. The number of hydrogen-bond acceptors (Lipinski definition) is 3. The summed E-state index contributed by atoms with van der Waals surface area (Å²) in [6.45, 7) is 5.23. The van der Waals surface area contributed by atoms with Crippen LogP contribution in [-0.4, -0.2) is 16.7 Å². The maximum Gasteiger partial charge on any atom is 0.0754 e. The minimum Gasteiger partial charge on any atom is -0.389 e. The fraction of sp³-hybridized carbons (Fsp3) is 1.00. The lowest BCUT2D eigenvalue weighted by Crippen LogP contribution is -2.47. The summed E-state index contributed by atoms with van der Waals surface area (Å²) in [6.07, 6.45) is 0. The van der Waals surface area contributed by atoms with Gasteiger partial charge < -0.3 is 5.11 Å². The first-order chi connectivity index (χ1) is 3.48. The predicted molar refractivity (Wildman–Crippen MR) is 33.1 cm³/mol. The summed E-state index contributed by atoms with van der Waals surface area (Å²) in [5.41, 5.74) is 1.73. The fourth-order valence-corrected chi connectivity index (χ4v) is 0.204. The van der Waals surface area contributed by atoms with Crippen LogP contribution in [0.4, 0.5) is 0 Å². The van der Waals surface area contributed by atoms with Gasteiger partial charge in [0.1, 0.15) is 0 Å². The lowest BCUT2D eigenvalue weighted by atomic mass is 10.0. The van der Waals surface area contributed by atoms with Crippen molar-refractivity contribution in [3.05, 3.63) is 0 Å². The van der Waals surface area contributed by atoms with Gasteiger partial charge in [0.05, 0.1) is 5.60 Å². The first-order valence-electron chi connectivity index (χ1n) is 2.67. The highest BCUT2D eigenvalue weighted by Crippen LogP contribution is 2.05. The molecule has 3 nitrogen and oxygen atoms in total. The van der Waals surface area contributed by atoms with Gasteiger partial charge in [0.25, 0.3) is 0 Å². The van der Waals surface area contributed by atoms with E-state index in [1.807, 2.05) is 6.92 Å². The molecule has 0 amide bonds. The number of hydrogen-bond donors (Lipinski definition) is 3. The van der Waals surface area contributed by atoms with Gasteiger partial charge in [-0.25, -0.2) is 0 Å². The van der Waals surface area contributed by atoms with Crippen molar-refractivity contribution in [2.45, 2.75) is 32.4 Å². The molecular formula is C5H14N2O. The number of nitrogens with one attached hydrogen (secondary N) is 1. The van der Waals surface area contributed by atoms with Crippen LogP contribution >= 0.6 is 0 Å². The average molecular weight is 118 g/mol. The minimum atomic E-state index is -0.727. The first kappa shape index (κ1) is 7.88. The molecule has 0 spiro atoms. The van der Waals surface area contributed by atoms with Crippen molar-refractivity contribution in [2.24, 2.45) is 5.84 Å². The molecule has 0 radical (unpaired) electrons. The zero-order chi connectivity index (χ0) is 6.78. The van der Waals surface area contributed by atoms with Crippen molar-refractivity contribution in [1.29, 1.82) is 0 Å². The second-order valence-electron chi connectivity index (χ2n) is 2.54. The molecule has 8 heavy (non-hydrogen) atoms. The topological polar surface area (TPSA) is 58.3 Å². The van der Waals surface area contributed by atoms with Gasteiger partial charge in [-0.2, -0.15) is 0 Å². The van der Waals surface area contributed by atoms with E-state index in [1.165, 1.54) is 0 Å². The molecular weight excluding hydrogens is 104 g/mol. The summed E-state index contributed by atoms with van der Waals surface area (Å²) >= 11 is 0. The summed E-state index contributed by atoms with van der Waals surface area (Å²) in [4.78, 5) is 0. The Hall–Kier alpha value is -0.120. The fourth-order valence-electron chi connectivity index (χ4n) is 0.204. The van der Waals surface area contributed by atoms with E-state index in [0.29, 0.717) is 0 Å². The van der Waals surface area contributed by atoms with E-state index in [-0.39, 0.29) is 6.04 Å². The van der Waals surface area contributed by atoms with E-state index in [1.54, 1.807) is 13.8 Å². The van der Waals surface area contributed by atoms with Crippen molar-refractivity contribution >= 4 is 0 Å². The Morgan fingerprint density at radius 2 is 2.00 bits per heavy atom. The monoisotopic (exact) mass is 118 g/mol. The second-order valence-corrected chi connectivity index (χ2v) is 2.54. The minimum absolute atomic E-state index is 0.0671. The third-order valence-electron chi connectivity index (χ3n) is 1.31. The number of hydrazine groups is 1. The van der Waals surface area contributed by atoms with Gasteiger partial charge in [0, 0.05) is 6.04 Å². The molecule has 0 rings (SSSR count). The molecule has 0 aliphatic carbocycles. The van der Waals surface area contributed by atoms with Crippen molar-refractivity contribution in [3.8, 4) is 0 Å². The maximum absolute atomic E-state index is 9.14. The zero-order valence-corrected chi connectivity index (χ0v) is 5.60. The van der Waals surface area contributed by atoms with E-state index >= 15 is 0 Å². The van der Waals surface area contributed by atoms with Gasteiger partial charge in [-0.15, -0.1) is 0 Å². The Kier molecular flexibility index (Phi) is 2.40. The van der Waals surface area contributed by atoms with Crippen LogP contribution < -0.4 is 11.3 Å². The highest BCUT2D eigenvalue weighted by molar-refractivity contribution is 4.76. The average Bonchev–Trinajstić information content (AvgIpc) is 1.62. The molecule has 0 fully saturated rings. The number of nitrogens with two attached hydrogens (primary N) is 1. The van der Waals surface area contributed by atoms with E-state index < -0.39 is 5.60 Å². The molecule has 0 aliphatic heterocycles. The maximum atomic E-state index is 9.14. The van der Waals surface area contributed by atoms with Gasteiger partial charge in [0.15, 0.2) is 0 Å². The molecule has 3 heteroatoms. The first-order valence-corrected chi connectivity index (χ1v) is 2.67. The Bertz CT molecular complexity index is 67.3. The van der Waals surface area contributed by atoms with Crippen LogP contribution in [0.15, 0.2) is 0 Å². The Morgan fingerprint density at radius 1 is 1.62 bits per heavy atom. The van der Waals surface area contributed by atoms with Gasteiger partial charge in [-0.05, 0) is 20.8 Å². The standard InChI is InChI=1S/C5H14N2O/c1-4(7-6)5(2,3)8/h4,7-8H,6H2,1-3H3. The second kappa shape index (κ2) is 2.44. The van der Waals surface area contributed by atoms with E-state index in [9.17, 15) is 0 Å². The third kappa shape index (κ3) is 2.26. The molecule has 0 aromatic rings. The molecule has 0 bridgehead atoms. The van der Waals surface area contributed by atoms with Crippen LogP contribution in [0, 0.1) is 0 Å². The molecule has 0 saturated carbocycles. The van der Waals surface area contributed by atoms with Gasteiger partial charge in [-0.3, -0.25) is 11.3 Å². The predicted octanol–water partition coefficient (Wildman–Crippen LogP) is -0.391. The van der Waals surface area contributed by atoms with Gasteiger partial charge in [0.2, 0.25) is 0 Å². The van der Waals surface area contributed by atoms with Crippen LogP contribution in [0.5, 0.6) is 0 Å². The normalized spacial score (nSPS) is 16.1. The molecule has 0 saturated heterocycles. The molecule has 0 aromatic heterocycles. The summed E-state index contributed by atoms with van der Waals surface area (Å²) in [7, 11) is 0. The zero-order valence-electron chi connectivity index (χ0n) is 5.60. The Balaban J connectivity index is 3.62. The largest absolute Gasteiger partial charge is 0.389 e. The summed E-state index contributed by atoms with van der Waals surface area (Å²) in [5, 5.41) is 9.14. The highest BCUT2D eigenvalue weighted by Gasteiger charge is 2.19. The summed E-state index contributed by atoms with van der Waals surface area (Å²) in [6, 6.07) is -0.0671. The van der Waals surface area contributed by atoms with Gasteiger partial charge in [-0.1, -0.05) is 0 Å².